The average Bonchev–Trinajstić information content (AvgIpc) is 2.29. The first-order valence-electron chi connectivity index (χ1n) is 5.62. The number of carbonyl (C=O) groups is 1. The predicted octanol–water partition coefficient (Wildman–Crippen LogP) is -0.131. The van der Waals surface area contributed by atoms with E-state index in [4.69, 9.17) is 10.6 Å². The molecule has 0 spiro atoms. The number of unbranched alkanes of at least 4 members (excludes halogenated alkanes) is 2. The summed E-state index contributed by atoms with van der Waals surface area (Å²) in [6.07, 6.45) is 3.70. The van der Waals surface area contributed by atoms with E-state index in [0.29, 0.717) is 6.42 Å². The van der Waals surface area contributed by atoms with Crippen LogP contribution in [0, 0.1) is 0 Å². The van der Waals surface area contributed by atoms with Crippen molar-refractivity contribution in [1.82, 2.24) is 10.3 Å². The van der Waals surface area contributed by atoms with Crippen molar-refractivity contribution in [2.45, 2.75) is 25.7 Å². The highest BCUT2D eigenvalue weighted by Gasteiger charge is 2.09. The molecule has 1 aliphatic heterocycles. The highest BCUT2D eigenvalue weighted by atomic mass is 16.5. The Morgan fingerprint density at radius 2 is 2.00 bits per heavy atom. The van der Waals surface area contributed by atoms with Crippen LogP contribution in [0.15, 0.2) is 0 Å². The van der Waals surface area contributed by atoms with Crippen LogP contribution < -0.4 is 11.3 Å². The number of nitrogens with two attached hydrogens (primary N) is 1. The quantitative estimate of drug-likeness (QED) is 0.280. The SMILES string of the molecule is NNC(=O)CCCCCN1CCOCC1. The molecule has 5 heteroatoms. The Hall–Kier alpha value is -0.650. The van der Waals surface area contributed by atoms with Gasteiger partial charge < -0.3 is 4.74 Å². The summed E-state index contributed by atoms with van der Waals surface area (Å²) >= 11 is 0. The molecule has 1 aliphatic rings. The zero-order valence-electron chi connectivity index (χ0n) is 9.21. The number of carbonyl (C=O) groups excluding carboxylic acids is 1. The van der Waals surface area contributed by atoms with E-state index in [1.165, 1.54) is 0 Å². The molecule has 1 saturated heterocycles. The average molecular weight is 215 g/mol. The number of nitrogens with one attached hydrogen (secondary N) is 1. The maximum absolute atomic E-state index is 10.8. The molecule has 1 fully saturated rings. The molecule has 5 nitrogen and oxygen atoms in total. The van der Waals surface area contributed by atoms with E-state index in [-0.39, 0.29) is 5.91 Å². The monoisotopic (exact) mass is 215 g/mol. The summed E-state index contributed by atoms with van der Waals surface area (Å²) in [4.78, 5) is 13.2. The fraction of sp³-hybridized carbons (Fsp3) is 0.900. The second-order valence-corrected chi connectivity index (χ2v) is 3.83. The molecule has 1 amide bonds. The molecule has 1 rings (SSSR count). The Balaban J connectivity index is 1.89. The first kappa shape index (κ1) is 12.4. The fourth-order valence-corrected chi connectivity index (χ4v) is 1.69. The van der Waals surface area contributed by atoms with E-state index < -0.39 is 0 Å². The zero-order chi connectivity index (χ0) is 10.9. The molecule has 0 aromatic carbocycles. The van der Waals surface area contributed by atoms with Gasteiger partial charge in [0, 0.05) is 19.5 Å². The van der Waals surface area contributed by atoms with Gasteiger partial charge in [-0.3, -0.25) is 15.1 Å². The summed E-state index contributed by atoms with van der Waals surface area (Å²) in [5.74, 6) is 4.91. The minimum absolute atomic E-state index is 0.0682. The van der Waals surface area contributed by atoms with Gasteiger partial charge in [0.1, 0.15) is 0 Å². The van der Waals surface area contributed by atoms with Crippen molar-refractivity contribution in [3.63, 3.8) is 0 Å². The minimum atomic E-state index is -0.0682. The lowest BCUT2D eigenvalue weighted by atomic mass is 10.2. The van der Waals surface area contributed by atoms with E-state index in [1.807, 2.05) is 0 Å². The van der Waals surface area contributed by atoms with Crippen LogP contribution in [0.25, 0.3) is 0 Å². The van der Waals surface area contributed by atoms with Crippen molar-refractivity contribution >= 4 is 5.91 Å². The van der Waals surface area contributed by atoms with Crippen LogP contribution in [0.1, 0.15) is 25.7 Å². The van der Waals surface area contributed by atoms with E-state index in [0.717, 1.165) is 52.1 Å². The first-order chi connectivity index (χ1) is 7.33. The number of morpholine rings is 1. The molecule has 88 valence electrons. The van der Waals surface area contributed by atoms with Crippen molar-refractivity contribution < 1.29 is 9.53 Å². The standard InChI is InChI=1S/C10H21N3O2/c11-12-10(14)4-2-1-3-5-13-6-8-15-9-7-13/h1-9,11H2,(H,12,14). The highest BCUT2D eigenvalue weighted by molar-refractivity contribution is 5.74. The van der Waals surface area contributed by atoms with E-state index in [9.17, 15) is 4.79 Å². The normalized spacial score (nSPS) is 17.7. The molecule has 0 saturated carbocycles. The summed E-state index contributed by atoms with van der Waals surface area (Å²) in [5.41, 5.74) is 2.14. The van der Waals surface area contributed by atoms with Gasteiger partial charge in [0.25, 0.3) is 0 Å². The highest BCUT2D eigenvalue weighted by Crippen LogP contribution is 2.03. The largest absolute Gasteiger partial charge is 0.379 e. The van der Waals surface area contributed by atoms with Gasteiger partial charge in [-0.2, -0.15) is 0 Å². The van der Waals surface area contributed by atoms with Gasteiger partial charge in [-0.05, 0) is 19.4 Å². The molecule has 0 radical (unpaired) electrons. The topological polar surface area (TPSA) is 67.6 Å². The van der Waals surface area contributed by atoms with Gasteiger partial charge in [0.15, 0.2) is 0 Å². The lowest BCUT2D eigenvalue weighted by molar-refractivity contribution is -0.121. The van der Waals surface area contributed by atoms with E-state index in [1.54, 1.807) is 0 Å². The Bertz CT molecular complexity index is 182. The second kappa shape index (κ2) is 7.62. The Kier molecular flexibility index (Phi) is 6.31. The number of hydrazine groups is 1. The van der Waals surface area contributed by atoms with Crippen LogP contribution in [-0.2, 0) is 9.53 Å². The molecule has 15 heavy (non-hydrogen) atoms. The van der Waals surface area contributed by atoms with Crippen LogP contribution in [0.5, 0.6) is 0 Å². The maximum atomic E-state index is 10.8. The van der Waals surface area contributed by atoms with Crippen molar-refractivity contribution in [2.75, 3.05) is 32.8 Å². The zero-order valence-corrected chi connectivity index (χ0v) is 9.21. The summed E-state index contributed by atoms with van der Waals surface area (Å²) < 4.78 is 5.26. The van der Waals surface area contributed by atoms with Gasteiger partial charge in [0.05, 0.1) is 13.2 Å². The third kappa shape index (κ3) is 5.71. The van der Waals surface area contributed by atoms with Crippen LogP contribution in [0.2, 0.25) is 0 Å². The number of ether oxygens (including phenoxy) is 1. The van der Waals surface area contributed by atoms with Crippen molar-refractivity contribution in [3.05, 3.63) is 0 Å². The van der Waals surface area contributed by atoms with Gasteiger partial charge >= 0.3 is 0 Å². The Morgan fingerprint density at radius 1 is 1.27 bits per heavy atom. The van der Waals surface area contributed by atoms with E-state index >= 15 is 0 Å². The lowest BCUT2D eigenvalue weighted by Crippen LogP contribution is -2.36. The second-order valence-electron chi connectivity index (χ2n) is 3.83. The predicted molar refractivity (Wildman–Crippen MR) is 58.1 cm³/mol. The number of hydrogen-bond donors (Lipinski definition) is 2. The van der Waals surface area contributed by atoms with Crippen molar-refractivity contribution in [1.29, 1.82) is 0 Å². The molecule has 3 N–H and O–H groups in total. The molecule has 0 atom stereocenters. The molecule has 0 aliphatic carbocycles. The summed E-state index contributed by atoms with van der Waals surface area (Å²) in [6.45, 7) is 4.92. The third-order valence-corrected chi connectivity index (χ3v) is 2.64. The molecule has 0 aromatic heterocycles. The Morgan fingerprint density at radius 3 is 2.67 bits per heavy atom. The van der Waals surface area contributed by atoms with Gasteiger partial charge in [-0.1, -0.05) is 6.42 Å². The van der Waals surface area contributed by atoms with Gasteiger partial charge in [-0.15, -0.1) is 0 Å². The molecule has 0 aromatic rings. The number of hydrogen-bond acceptors (Lipinski definition) is 4. The van der Waals surface area contributed by atoms with E-state index in [2.05, 4.69) is 10.3 Å². The fourth-order valence-electron chi connectivity index (χ4n) is 1.69. The number of rotatable bonds is 6. The smallest absolute Gasteiger partial charge is 0.233 e. The van der Waals surface area contributed by atoms with Crippen LogP contribution >= 0.6 is 0 Å². The van der Waals surface area contributed by atoms with Crippen molar-refractivity contribution in [3.8, 4) is 0 Å². The molecular formula is C10H21N3O2. The molecule has 0 unspecified atom stereocenters. The van der Waals surface area contributed by atoms with Crippen molar-refractivity contribution in [2.24, 2.45) is 5.84 Å². The summed E-state index contributed by atoms with van der Waals surface area (Å²) in [5, 5.41) is 0. The lowest BCUT2D eigenvalue weighted by Gasteiger charge is -2.26. The molecule has 0 bridgehead atoms. The summed E-state index contributed by atoms with van der Waals surface area (Å²) in [7, 11) is 0. The molecule has 1 heterocycles. The maximum Gasteiger partial charge on any atom is 0.233 e. The van der Waals surface area contributed by atoms with Gasteiger partial charge in [-0.25, -0.2) is 5.84 Å². The Labute approximate surface area is 90.9 Å². The summed E-state index contributed by atoms with van der Waals surface area (Å²) in [6, 6.07) is 0. The van der Waals surface area contributed by atoms with Crippen LogP contribution in [-0.4, -0.2) is 43.7 Å². The van der Waals surface area contributed by atoms with Gasteiger partial charge in [0.2, 0.25) is 5.91 Å². The van der Waals surface area contributed by atoms with Crippen LogP contribution in [0.4, 0.5) is 0 Å². The number of nitrogens with zero attached hydrogens (tertiary/aromatic N) is 1. The molecular weight excluding hydrogens is 194 g/mol. The van der Waals surface area contributed by atoms with Crippen LogP contribution in [0.3, 0.4) is 0 Å². The first-order valence-corrected chi connectivity index (χ1v) is 5.62. The number of amides is 1. The minimum Gasteiger partial charge on any atom is -0.379 e. The third-order valence-electron chi connectivity index (χ3n) is 2.64.